The second-order valence-electron chi connectivity index (χ2n) is 9.25. The van der Waals surface area contributed by atoms with E-state index in [9.17, 15) is 29.1 Å². The zero-order valence-corrected chi connectivity index (χ0v) is 22.3. The highest BCUT2D eigenvalue weighted by molar-refractivity contribution is 5.96. The maximum atomic E-state index is 13.3. The molecule has 12 N–H and O–H groups in total. The highest BCUT2D eigenvalue weighted by atomic mass is 16.4. The van der Waals surface area contributed by atoms with E-state index in [1.807, 2.05) is 0 Å². The van der Waals surface area contributed by atoms with Crippen LogP contribution in [0.3, 0.4) is 0 Å². The summed E-state index contributed by atoms with van der Waals surface area (Å²) in [5.41, 5.74) is 22.5. The van der Waals surface area contributed by atoms with Gasteiger partial charge in [0.1, 0.15) is 18.1 Å². The summed E-state index contributed by atoms with van der Waals surface area (Å²) in [5.74, 6) is -4.94. The molecule has 0 aromatic heterocycles. The molecule has 0 aliphatic heterocycles. The number of carboxylic acids is 1. The number of nitrogens with two attached hydrogens (primary N) is 4. The van der Waals surface area contributed by atoms with Crippen LogP contribution in [0.4, 0.5) is 0 Å². The number of carbonyl (C=O) groups excluding carboxylic acids is 4. The van der Waals surface area contributed by atoms with E-state index in [0.717, 1.165) is 0 Å². The van der Waals surface area contributed by atoms with Crippen molar-refractivity contribution in [1.29, 1.82) is 0 Å². The standard InChI is InChI=1S/C25H40N8O6/c1-3-14(2)20(24(38)39)33-23(37)18(13-19(27)34)32-22(36)17(12-15-8-5-4-6-9-15)31-21(35)16(26)10-7-11-30-25(28)29/h4-6,8-9,14,16-18,20H,3,7,10-13,26H2,1-2H3,(H2,27,34)(H,31,35)(H,32,36)(H,33,37)(H,38,39)(H4,28,29,30). The van der Waals surface area contributed by atoms with Crippen molar-refractivity contribution in [3.63, 3.8) is 0 Å². The third-order valence-electron chi connectivity index (χ3n) is 6.04. The lowest BCUT2D eigenvalue weighted by molar-refractivity contribution is -0.144. The van der Waals surface area contributed by atoms with Gasteiger partial charge in [-0.1, -0.05) is 50.6 Å². The highest BCUT2D eigenvalue weighted by Crippen LogP contribution is 2.10. The number of carboxylic acid groups (broad SMARTS) is 1. The molecule has 0 fully saturated rings. The largest absolute Gasteiger partial charge is 0.480 e. The number of aliphatic carboxylic acids is 1. The molecule has 5 atom stereocenters. The van der Waals surface area contributed by atoms with Gasteiger partial charge in [-0.3, -0.25) is 24.2 Å². The minimum atomic E-state index is -1.47. The summed E-state index contributed by atoms with van der Waals surface area (Å²) in [5, 5.41) is 16.9. The first-order valence-electron chi connectivity index (χ1n) is 12.6. The maximum Gasteiger partial charge on any atom is 0.326 e. The molecule has 0 heterocycles. The summed E-state index contributed by atoms with van der Waals surface area (Å²) in [6.45, 7) is 3.68. The van der Waals surface area contributed by atoms with Crippen LogP contribution in [-0.4, -0.2) is 71.4 Å². The number of hydrogen-bond acceptors (Lipinski definition) is 7. The molecule has 4 amide bonds. The Morgan fingerprint density at radius 3 is 2.05 bits per heavy atom. The summed E-state index contributed by atoms with van der Waals surface area (Å²) in [6.07, 6.45) is 0.585. The van der Waals surface area contributed by atoms with Crippen LogP contribution in [0.15, 0.2) is 35.3 Å². The van der Waals surface area contributed by atoms with Crippen molar-refractivity contribution in [2.45, 2.75) is 70.1 Å². The Morgan fingerprint density at radius 2 is 1.51 bits per heavy atom. The number of nitrogens with one attached hydrogen (secondary N) is 3. The number of primary amides is 1. The number of carbonyl (C=O) groups is 5. The second kappa shape index (κ2) is 16.6. The molecule has 39 heavy (non-hydrogen) atoms. The van der Waals surface area contributed by atoms with Gasteiger partial charge < -0.3 is 44.0 Å². The van der Waals surface area contributed by atoms with Crippen LogP contribution in [-0.2, 0) is 30.4 Å². The molecule has 0 spiro atoms. The summed E-state index contributed by atoms with van der Waals surface area (Å²) in [6, 6.07) is 3.94. The zero-order valence-electron chi connectivity index (χ0n) is 22.3. The molecular formula is C25H40N8O6. The fourth-order valence-electron chi connectivity index (χ4n) is 3.61. The zero-order chi connectivity index (χ0) is 29.5. The van der Waals surface area contributed by atoms with Gasteiger partial charge in [-0.05, 0) is 24.3 Å². The van der Waals surface area contributed by atoms with Crippen LogP contribution in [0.2, 0.25) is 0 Å². The lowest BCUT2D eigenvalue weighted by atomic mass is 9.98. The summed E-state index contributed by atoms with van der Waals surface area (Å²) >= 11 is 0. The highest BCUT2D eigenvalue weighted by Gasteiger charge is 2.32. The number of benzene rings is 1. The van der Waals surface area contributed by atoms with Crippen LogP contribution in [0, 0.1) is 5.92 Å². The number of hydrogen-bond donors (Lipinski definition) is 8. The number of amides is 4. The second-order valence-corrected chi connectivity index (χ2v) is 9.25. The van der Waals surface area contributed by atoms with Gasteiger partial charge in [-0.15, -0.1) is 0 Å². The van der Waals surface area contributed by atoms with E-state index in [1.54, 1.807) is 44.2 Å². The fraction of sp³-hybridized carbons (Fsp3) is 0.520. The van der Waals surface area contributed by atoms with Gasteiger partial charge in [-0.25, -0.2) is 4.79 Å². The van der Waals surface area contributed by atoms with Crippen molar-refractivity contribution in [3.05, 3.63) is 35.9 Å². The molecule has 5 unspecified atom stereocenters. The van der Waals surface area contributed by atoms with Crippen molar-refractivity contribution in [2.24, 2.45) is 33.8 Å². The van der Waals surface area contributed by atoms with Crippen LogP contribution in [0.5, 0.6) is 0 Å². The van der Waals surface area contributed by atoms with Crippen molar-refractivity contribution in [3.8, 4) is 0 Å². The van der Waals surface area contributed by atoms with Crippen molar-refractivity contribution in [1.82, 2.24) is 16.0 Å². The molecule has 14 nitrogen and oxygen atoms in total. The average molecular weight is 549 g/mol. The van der Waals surface area contributed by atoms with Crippen molar-refractivity contribution >= 4 is 35.6 Å². The van der Waals surface area contributed by atoms with Gasteiger partial charge in [-0.2, -0.15) is 0 Å². The smallest absolute Gasteiger partial charge is 0.326 e. The van der Waals surface area contributed by atoms with Crippen LogP contribution in [0.1, 0.15) is 45.1 Å². The van der Waals surface area contributed by atoms with Gasteiger partial charge in [0.2, 0.25) is 23.6 Å². The number of rotatable bonds is 17. The Kier molecular flexibility index (Phi) is 14.0. The molecule has 1 aromatic carbocycles. The minimum absolute atomic E-state index is 0.0503. The predicted molar refractivity (Wildman–Crippen MR) is 145 cm³/mol. The molecule has 0 radical (unpaired) electrons. The van der Waals surface area contributed by atoms with E-state index in [2.05, 4.69) is 20.9 Å². The Bertz CT molecular complexity index is 1020. The summed E-state index contributed by atoms with van der Waals surface area (Å²) < 4.78 is 0. The van der Waals surface area contributed by atoms with Gasteiger partial charge in [0, 0.05) is 13.0 Å². The quantitative estimate of drug-likeness (QED) is 0.0611. The van der Waals surface area contributed by atoms with Gasteiger partial charge in [0.15, 0.2) is 5.96 Å². The minimum Gasteiger partial charge on any atom is -0.480 e. The van der Waals surface area contributed by atoms with Crippen LogP contribution in [0.25, 0.3) is 0 Å². The first kappa shape index (κ1) is 32.8. The molecule has 0 aliphatic carbocycles. The summed E-state index contributed by atoms with van der Waals surface area (Å²) in [4.78, 5) is 66.1. The number of nitrogens with zero attached hydrogens (tertiary/aromatic N) is 1. The topological polar surface area (TPSA) is 258 Å². The molecule has 0 aliphatic rings. The van der Waals surface area contributed by atoms with Crippen LogP contribution < -0.4 is 38.9 Å². The lowest BCUT2D eigenvalue weighted by Gasteiger charge is -2.26. The third-order valence-corrected chi connectivity index (χ3v) is 6.04. The van der Waals surface area contributed by atoms with E-state index in [-0.39, 0.29) is 25.3 Å². The Morgan fingerprint density at radius 1 is 0.923 bits per heavy atom. The van der Waals surface area contributed by atoms with Gasteiger partial charge in [0.05, 0.1) is 12.5 Å². The molecule has 14 heteroatoms. The molecule has 0 saturated heterocycles. The van der Waals surface area contributed by atoms with Gasteiger partial charge >= 0.3 is 5.97 Å². The molecule has 0 bridgehead atoms. The maximum absolute atomic E-state index is 13.3. The summed E-state index contributed by atoms with van der Waals surface area (Å²) in [7, 11) is 0. The monoisotopic (exact) mass is 548 g/mol. The first-order valence-corrected chi connectivity index (χ1v) is 12.6. The average Bonchev–Trinajstić information content (AvgIpc) is 2.88. The van der Waals surface area contributed by atoms with Crippen LogP contribution >= 0.6 is 0 Å². The van der Waals surface area contributed by atoms with Crippen molar-refractivity contribution in [2.75, 3.05) is 6.54 Å². The fourth-order valence-corrected chi connectivity index (χ4v) is 3.61. The van der Waals surface area contributed by atoms with Gasteiger partial charge in [0.25, 0.3) is 0 Å². The van der Waals surface area contributed by atoms with E-state index in [1.165, 1.54) is 0 Å². The Hall–Kier alpha value is -4.20. The predicted octanol–water partition coefficient (Wildman–Crippen LogP) is -1.93. The molecule has 1 aromatic rings. The third kappa shape index (κ3) is 12.3. The molecule has 1 rings (SSSR count). The normalized spacial score (nSPS) is 14.5. The number of guanidine groups is 1. The van der Waals surface area contributed by atoms with E-state index in [0.29, 0.717) is 18.4 Å². The van der Waals surface area contributed by atoms with Crippen molar-refractivity contribution < 1.29 is 29.1 Å². The molecule has 0 saturated carbocycles. The first-order chi connectivity index (χ1) is 18.3. The van der Waals surface area contributed by atoms with E-state index in [4.69, 9.17) is 22.9 Å². The Balaban J connectivity index is 3.08. The SMILES string of the molecule is CCC(C)C(NC(=O)C(CC(N)=O)NC(=O)C(Cc1ccccc1)NC(=O)C(N)CCCN=C(N)N)C(=O)O. The molecule has 216 valence electrons. The van der Waals surface area contributed by atoms with E-state index >= 15 is 0 Å². The van der Waals surface area contributed by atoms with E-state index < -0.39 is 66.1 Å². The Labute approximate surface area is 227 Å². The lowest BCUT2D eigenvalue weighted by Crippen LogP contribution is -2.58. The number of aliphatic imine (C=N–C) groups is 1. The molecular weight excluding hydrogens is 508 g/mol.